The van der Waals surface area contributed by atoms with Crippen LogP contribution >= 0.6 is 0 Å². The second kappa shape index (κ2) is 2.39. The number of hydrogen-bond acceptors (Lipinski definition) is 3. The van der Waals surface area contributed by atoms with E-state index in [1.807, 2.05) is 0 Å². The van der Waals surface area contributed by atoms with Gasteiger partial charge < -0.3 is 5.11 Å². The summed E-state index contributed by atoms with van der Waals surface area (Å²) in [6.07, 6.45) is 1.40. The van der Waals surface area contributed by atoms with Crippen LogP contribution in [0.2, 0.25) is 0 Å². The smallest absolute Gasteiger partial charge is 0.309 e. The molecule has 0 radical (unpaired) electrons. The van der Waals surface area contributed by atoms with E-state index in [-0.39, 0.29) is 6.42 Å². The molecule has 0 atom stereocenters. The van der Waals surface area contributed by atoms with Crippen LogP contribution in [0.4, 0.5) is 0 Å². The fraction of sp³-hybridized carbons (Fsp3) is 0.400. The summed E-state index contributed by atoms with van der Waals surface area (Å²) in [6.45, 7) is 0.451. The molecule has 4 heteroatoms. The molecule has 0 aromatic heterocycles. The maximum Gasteiger partial charge on any atom is 0.309 e. The molecule has 0 saturated heterocycles. The Balaban J connectivity index is 2.39. The zero-order valence-electron chi connectivity index (χ0n) is 4.74. The van der Waals surface area contributed by atoms with E-state index < -0.39 is 5.97 Å². The first-order valence-corrected chi connectivity index (χ1v) is 2.54. The predicted octanol–water partition coefficient (Wildman–Crippen LogP) is -0.0560. The lowest BCUT2D eigenvalue weighted by Crippen LogP contribution is -2.07. The minimum absolute atomic E-state index is 0.0139. The lowest BCUT2D eigenvalue weighted by molar-refractivity contribution is -0.135. The average molecular weight is 126 g/mol. The molecule has 48 valence electrons. The molecule has 0 spiro atoms. The van der Waals surface area contributed by atoms with Crippen molar-refractivity contribution in [2.45, 2.75) is 6.42 Å². The van der Waals surface area contributed by atoms with Gasteiger partial charge in [-0.05, 0) is 0 Å². The van der Waals surface area contributed by atoms with Crippen molar-refractivity contribution in [3.8, 4) is 0 Å². The third-order valence-electron chi connectivity index (χ3n) is 0.951. The predicted molar refractivity (Wildman–Crippen MR) is 33.0 cm³/mol. The molecule has 0 bridgehead atoms. The summed E-state index contributed by atoms with van der Waals surface area (Å²) in [4.78, 5) is 17.5. The zero-order valence-corrected chi connectivity index (χ0v) is 4.74. The van der Waals surface area contributed by atoms with Crippen LogP contribution < -0.4 is 0 Å². The van der Waals surface area contributed by atoms with E-state index in [1.165, 1.54) is 6.34 Å². The topological polar surface area (TPSA) is 62.0 Å². The van der Waals surface area contributed by atoms with Crippen molar-refractivity contribution >= 4 is 18.0 Å². The highest BCUT2D eigenvalue weighted by atomic mass is 16.4. The van der Waals surface area contributed by atoms with Crippen molar-refractivity contribution in [2.24, 2.45) is 9.98 Å². The lowest BCUT2D eigenvalue weighted by Gasteiger charge is -1.89. The minimum Gasteiger partial charge on any atom is -0.481 e. The van der Waals surface area contributed by atoms with Crippen LogP contribution in [0.1, 0.15) is 6.42 Å². The minimum atomic E-state index is -0.848. The van der Waals surface area contributed by atoms with Crippen LogP contribution in [-0.4, -0.2) is 29.7 Å². The summed E-state index contributed by atoms with van der Waals surface area (Å²) >= 11 is 0. The van der Waals surface area contributed by atoms with Gasteiger partial charge in [0, 0.05) is 0 Å². The van der Waals surface area contributed by atoms with E-state index >= 15 is 0 Å². The molecule has 9 heavy (non-hydrogen) atoms. The summed E-state index contributed by atoms with van der Waals surface area (Å²) < 4.78 is 0. The first-order chi connectivity index (χ1) is 4.29. The fourth-order valence-electron chi connectivity index (χ4n) is 0.586. The molecular weight excluding hydrogens is 120 g/mol. The second-order valence-corrected chi connectivity index (χ2v) is 1.72. The van der Waals surface area contributed by atoms with E-state index in [1.54, 1.807) is 0 Å². The molecule has 0 aromatic rings. The lowest BCUT2D eigenvalue weighted by atomic mass is 10.3. The Morgan fingerprint density at radius 1 is 1.89 bits per heavy atom. The first-order valence-electron chi connectivity index (χ1n) is 2.54. The van der Waals surface area contributed by atoms with Crippen molar-refractivity contribution in [3.63, 3.8) is 0 Å². The van der Waals surface area contributed by atoms with Gasteiger partial charge in [-0.15, -0.1) is 0 Å². The number of hydrogen-bond donors (Lipinski definition) is 1. The maximum atomic E-state index is 10.0. The van der Waals surface area contributed by atoms with Crippen LogP contribution in [-0.2, 0) is 4.79 Å². The van der Waals surface area contributed by atoms with Gasteiger partial charge in [-0.1, -0.05) is 0 Å². The maximum absolute atomic E-state index is 10.0. The Kier molecular flexibility index (Phi) is 1.58. The van der Waals surface area contributed by atoms with E-state index in [2.05, 4.69) is 9.98 Å². The highest BCUT2D eigenvalue weighted by Crippen LogP contribution is 1.93. The Labute approximate surface area is 51.9 Å². The second-order valence-electron chi connectivity index (χ2n) is 1.72. The molecule has 0 unspecified atom stereocenters. The fourth-order valence-corrected chi connectivity index (χ4v) is 0.586. The standard InChI is InChI=1S/C5H6N2O2/c8-5(9)1-4-2-6-3-7-4/h3H,1-2H2,(H,8,9). The van der Waals surface area contributed by atoms with Crippen molar-refractivity contribution in [3.05, 3.63) is 0 Å². The zero-order chi connectivity index (χ0) is 6.69. The van der Waals surface area contributed by atoms with Gasteiger partial charge in [-0.25, -0.2) is 4.99 Å². The third-order valence-corrected chi connectivity index (χ3v) is 0.951. The summed E-state index contributed by atoms with van der Waals surface area (Å²) in [5.74, 6) is -0.848. The Morgan fingerprint density at radius 2 is 2.67 bits per heavy atom. The number of carboxylic acids is 1. The van der Waals surface area contributed by atoms with Crippen LogP contribution in [0.3, 0.4) is 0 Å². The molecule has 1 heterocycles. The van der Waals surface area contributed by atoms with Crippen LogP contribution in [0.15, 0.2) is 9.98 Å². The normalized spacial score (nSPS) is 15.8. The molecule has 4 nitrogen and oxygen atoms in total. The number of carbonyl (C=O) groups is 1. The van der Waals surface area contributed by atoms with Gasteiger partial charge in [0.2, 0.25) is 0 Å². The number of nitrogens with zero attached hydrogens (tertiary/aromatic N) is 2. The molecule has 1 aliphatic rings. The van der Waals surface area contributed by atoms with Gasteiger partial charge in [0.05, 0.1) is 18.7 Å². The molecule has 0 aliphatic carbocycles. The van der Waals surface area contributed by atoms with E-state index in [0.717, 1.165) is 0 Å². The Bertz CT molecular complexity index is 183. The van der Waals surface area contributed by atoms with E-state index in [9.17, 15) is 4.79 Å². The SMILES string of the molecule is O=C(O)CC1=NC=NC1. The third kappa shape index (κ3) is 1.64. The van der Waals surface area contributed by atoms with Gasteiger partial charge in [-0.3, -0.25) is 9.79 Å². The molecule has 1 N–H and O–H groups in total. The van der Waals surface area contributed by atoms with Crippen LogP contribution in [0.5, 0.6) is 0 Å². The summed E-state index contributed by atoms with van der Waals surface area (Å²) in [7, 11) is 0. The van der Waals surface area contributed by atoms with Crippen molar-refractivity contribution in [1.29, 1.82) is 0 Å². The van der Waals surface area contributed by atoms with Crippen LogP contribution in [0.25, 0.3) is 0 Å². The molecule has 1 aliphatic heterocycles. The van der Waals surface area contributed by atoms with E-state index in [0.29, 0.717) is 12.3 Å². The molecule has 1 rings (SSSR count). The monoisotopic (exact) mass is 126 g/mol. The molecular formula is C5H6N2O2. The van der Waals surface area contributed by atoms with Crippen LogP contribution in [0, 0.1) is 0 Å². The van der Waals surface area contributed by atoms with Gasteiger partial charge >= 0.3 is 5.97 Å². The number of aliphatic carboxylic acids is 1. The van der Waals surface area contributed by atoms with E-state index in [4.69, 9.17) is 5.11 Å². The number of carboxylic acid groups (broad SMARTS) is 1. The molecule has 0 fully saturated rings. The number of aliphatic imine (C=N–C) groups is 2. The summed E-state index contributed by atoms with van der Waals surface area (Å²) in [5, 5.41) is 8.24. The van der Waals surface area contributed by atoms with Crippen molar-refractivity contribution in [2.75, 3.05) is 6.54 Å². The Morgan fingerprint density at radius 3 is 3.11 bits per heavy atom. The van der Waals surface area contributed by atoms with Gasteiger partial charge in [0.1, 0.15) is 6.34 Å². The van der Waals surface area contributed by atoms with Gasteiger partial charge in [0.15, 0.2) is 0 Å². The highest BCUT2D eigenvalue weighted by molar-refractivity contribution is 6.04. The molecule has 0 aromatic carbocycles. The highest BCUT2D eigenvalue weighted by Gasteiger charge is 2.06. The van der Waals surface area contributed by atoms with Gasteiger partial charge in [-0.2, -0.15) is 0 Å². The van der Waals surface area contributed by atoms with Gasteiger partial charge in [0.25, 0.3) is 0 Å². The van der Waals surface area contributed by atoms with Crippen molar-refractivity contribution in [1.82, 2.24) is 0 Å². The summed E-state index contributed by atoms with van der Waals surface area (Å²) in [5.41, 5.74) is 0.627. The quantitative estimate of drug-likeness (QED) is 0.563. The average Bonchev–Trinajstić information content (AvgIpc) is 2.15. The molecule has 0 saturated carbocycles. The Hall–Kier alpha value is -1.19. The largest absolute Gasteiger partial charge is 0.481 e. The first kappa shape index (κ1) is 5.94. The summed E-state index contributed by atoms with van der Waals surface area (Å²) in [6, 6.07) is 0. The van der Waals surface area contributed by atoms with Crippen molar-refractivity contribution < 1.29 is 9.90 Å². The molecule has 0 amide bonds. The number of rotatable bonds is 2.